The van der Waals surface area contributed by atoms with Crippen LogP contribution in [-0.4, -0.2) is 35.5 Å². The summed E-state index contributed by atoms with van der Waals surface area (Å²) in [6.45, 7) is 3.77. The number of fused-ring (bicyclic) bond motifs is 1. The third-order valence-electron chi connectivity index (χ3n) is 3.02. The van der Waals surface area contributed by atoms with Crippen molar-refractivity contribution in [3.05, 3.63) is 28.2 Å². The summed E-state index contributed by atoms with van der Waals surface area (Å²) in [4.78, 5) is 14.1. The molecule has 18 heavy (non-hydrogen) atoms. The van der Waals surface area contributed by atoms with Gasteiger partial charge in [0.2, 0.25) is 5.91 Å². The molecule has 0 spiro atoms. The second kappa shape index (κ2) is 5.97. The van der Waals surface area contributed by atoms with Gasteiger partial charge in [0.15, 0.2) is 0 Å². The van der Waals surface area contributed by atoms with E-state index in [4.69, 9.17) is 4.74 Å². The number of rotatable bonds is 2. The van der Waals surface area contributed by atoms with Gasteiger partial charge in [-0.2, -0.15) is 11.8 Å². The van der Waals surface area contributed by atoms with Crippen molar-refractivity contribution in [1.29, 1.82) is 0 Å². The largest absolute Gasteiger partial charge is 0.491 e. The Morgan fingerprint density at radius 3 is 3.06 bits per heavy atom. The Kier molecular flexibility index (Phi) is 4.56. The molecule has 0 fully saturated rings. The SMILES string of the molecule is CS[C@H](C)C(=O)N1CCOc2ccc(Br)cc2C1. The molecule has 0 N–H and O–H groups in total. The minimum Gasteiger partial charge on any atom is -0.491 e. The molecule has 0 aliphatic carbocycles. The third-order valence-corrected chi connectivity index (χ3v) is 4.42. The highest BCUT2D eigenvalue weighted by atomic mass is 79.9. The van der Waals surface area contributed by atoms with E-state index >= 15 is 0 Å². The molecular formula is C13H16BrNO2S. The van der Waals surface area contributed by atoms with E-state index in [9.17, 15) is 4.79 Å². The van der Waals surface area contributed by atoms with Crippen LogP contribution in [0, 0.1) is 0 Å². The fourth-order valence-electron chi connectivity index (χ4n) is 1.91. The molecule has 1 aliphatic rings. The molecule has 1 aromatic carbocycles. The lowest BCUT2D eigenvalue weighted by molar-refractivity contribution is -0.131. The lowest BCUT2D eigenvalue weighted by atomic mass is 10.2. The Morgan fingerprint density at radius 2 is 2.33 bits per heavy atom. The Bertz CT molecular complexity index is 453. The maximum Gasteiger partial charge on any atom is 0.235 e. The molecule has 0 aromatic heterocycles. The molecule has 0 saturated heterocycles. The number of hydrogen-bond donors (Lipinski definition) is 0. The van der Waals surface area contributed by atoms with Crippen LogP contribution in [0.25, 0.3) is 0 Å². The molecule has 1 amide bonds. The predicted octanol–water partition coefficient (Wildman–Crippen LogP) is 2.92. The first-order valence-corrected chi connectivity index (χ1v) is 7.92. The standard InChI is InChI=1S/C13H16BrNO2S/c1-9(18-2)13(16)15-5-6-17-12-4-3-11(14)7-10(12)8-15/h3-4,7,9H,5-6,8H2,1-2H3/t9-/m1/s1. The van der Waals surface area contributed by atoms with Crippen LogP contribution >= 0.6 is 27.7 Å². The molecule has 0 saturated carbocycles. The maximum absolute atomic E-state index is 12.2. The molecule has 5 heteroatoms. The van der Waals surface area contributed by atoms with Crippen LogP contribution in [0.1, 0.15) is 12.5 Å². The minimum absolute atomic E-state index is 0.00120. The number of thioether (sulfide) groups is 1. The van der Waals surface area contributed by atoms with E-state index in [-0.39, 0.29) is 11.2 Å². The van der Waals surface area contributed by atoms with Crippen LogP contribution < -0.4 is 4.74 Å². The van der Waals surface area contributed by atoms with Crippen LogP contribution in [0.5, 0.6) is 5.75 Å². The normalized spacial score (nSPS) is 16.5. The van der Waals surface area contributed by atoms with E-state index in [0.29, 0.717) is 19.7 Å². The van der Waals surface area contributed by atoms with E-state index in [1.165, 1.54) is 0 Å². The Balaban J connectivity index is 2.20. The molecule has 1 aromatic rings. The first-order valence-electron chi connectivity index (χ1n) is 5.84. The molecule has 0 radical (unpaired) electrons. The number of hydrogen-bond acceptors (Lipinski definition) is 3. The summed E-state index contributed by atoms with van der Waals surface area (Å²) in [5.41, 5.74) is 1.06. The number of benzene rings is 1. The van der Waals surface area contributed by atoms with Gasteiger partial charge in [-0.1, -0.05) is 15.9 Å². The zero-order chi connectivity index (χ0) is 13.1. The van der Waals surface area contributed by atoms with E-state index < -0.39 is 0 Å². The number of carbonyl (C=O) groups excluding carboxylic acids is 1. The molecule has 1 atom stereocenters. The Hall–Kier alpha value is -0.680. The van der Waals surface area contributed by atoms with Gasteiger partial charge in [-0.05, 0) is 31.4 Å². The van der Waals surface area contributed by atoms with Crippen LogP contribution in [0.2, 0.25) is 0 Å². The summed E-state index contributed by atoms with van der Waals surface area (Å²) in [6, 6.07) is 5.93. The fourth-order valence-corrected chi connectivity index (χ4v) is 2.67. The van der Waals surface area contributed by atoms with E-state index in [1.54, 1.807) is 11.8 Å². The highest BCUT2D eigenvalue weighted by molar-refractivity contribution is 9.10. The molecule has 3 nitrogen and oxygen atoms in total. The van der Waals surface area contributed by atoms with E-state index in [2.05, 4.69) is 15.9 Å². The Morgan fingerprint density at radius 1 is 1.56 bits per heavy atom. The molecule has 0 unspecified atom stereocenters. The monoisotopic (exact) mass is 329 g/mol. The lowest BCUT2D eigenvalue weighted by Crippen LogP contribution is -2.37. The van der Waals surface area contributed by atoms with Gasteiger partial charge in [0.1, 0.15) is 12.4 Å². The second-order valence-corrected chi connectivity index (χ2v) is 6.33. The van der Waals surface area contributed by atoms with Gasteiger partial charge in [0, 0.05) is 16.6 Å². The van der Waals surface area contributed by atoms with Gasteiger partial charge in [-0.15, -0.1) is 0 Å². The first kappa shape index (κ1) is 13.7. The lowest BCUT2D eigenvalue weighted by Gasteiger charge is -2.22. The van der Waals surface area contributed by atoms with Crippen LogP contribution in [-0.2, 0) is 11.3 Å². The van der Waals surface area contributed by atoms with Crippen LogP contribution in [0.15, 0.2) is 22.7 Å². The van der Waals surface area contributed by atoms with Crippen LogP contribution in [0.3, 0.4) is 0 Å². The van der Waals surface area contributed by atoms with Gasteiger partial charge in [0.05, 0.1) is 11.8 Å². The number of ether oxygens (including phenoxy) is 1. The average Bonchev–Trinajstić information content (AvgIpc) is 2.58. The quantitative estimate of drug-likeness (QED) is 0.835. The van der Waals surface area contributed by atoms with E-state index in [0.717, 1.165) is 15.8 Å². The van der Waals surface area contributed by atoms with Gasteiger partial charge >= 0.3 is 0 Å². The summed E-state index contributed by atoms with van der Waals surface area (Å²) >= 11 is 5.03. The molecular weight excluding hydrogens is 314 g/mol. The first-order chi connectivity index (χ1) is 8.61. The molecule has 98 valence electrons. The van der Waals surface area contributed by atoms with Crippen LogP contribution in [0.4, 0.5) is 0 Å². The number of amides is 1. The highest BCUT2D eigenvalue weighted by Gasteiger charge is 2.23. The second-order valence-electron chi connectivity index (χ2n) is 4.24. The topological polar surface area (TPSA) is 29.5 Å². The maximum atomic E-state index is 12.2. The van der Waals surface area contributed by atoms with Crippen molar-refractivity contribution >= 4 is 33.6 Å². The zero-order valence-electron chi connectivity index (χ0n) is 10.5. The highest BCUT2D eigenvalue weighted by Crippen LogP contribution is 2.27. The molecule has 2 rings (SSSR count). The van der Waals surface area contributed by atoms with Crippen molar-refractivity contribution in [2.24, 2.45) is 0 Å². The predicted molar refractivity (Wildman–Crippen MR) is 78.0 cm³/mol. The number of carbonyl (C=O) groups is 1. The van der Waals surface area contributed by atoms with Gasteiger partial charge in [-0.3, -0.25) is 4.79 Å². The van der Waals surface area contributed by atoms with Gasteiger partial charge in [0.25, 0.3) is 0 Å². The van der Waals surface area contributed by atoms with Crippen molar-refractivity contribution in [3.8, 4) is 5.75 Å². The van der Waals surface area contributed by atoms with Crippen molar-refractivity contribution in [2.75, 3.05) is 19.4 Å². The summed E-state index contributed by atoms with van der Waals surface area (Å²) in [5.74, 6) is 1.06. The van der Waals surface area contributed by atoms with Crippen molar-refractivity contribution in [1.82, 2.24) is 4.90 Å². The van der Waals surface area contributed by atoms with Crippen molar-refractivity contribution in [2.45, 2.75) is 18.7 Å². The number of halogens is 1. The summed E-state index contributed by atoms with van der Waals surface area (Å²) in [7, 11) is 0. The Labute approximate surface area is 120 Å². The third kappa shape index (κ3) is 3.01. The average molecular weight is 330 g/mol. The van der Waals surface area contributed by atoms with Gasteiger partial charge in [-0.25, -0.2) is 0 Å². The minimum atomic E-state index is -0.00120. The fraction of sp³-hybridized carbons (Fsp3) is 0.462. The summed E-state index contributed by atoms with van der Waals surface area (Å²) < 4.78 is 6.69. The smallest absolute Gasteiger partial charge is 0.235 e. The van der Waals surface area contributed by atoms with Crippen molar-refractivity contribution in [3.63, 3.8) is 0 Å². The molecule has 1 heterocycles. The van der Waals surface area contributed by atoms with E-state index in [1.807, 2.05) is 36.3 Å². The zero-order valence-corrected chi connectivity index (χ0v) is 12.9. The summed E-state index contributed by atoms with van der Waals surface area (Å²) in [5, 5.41) is -0.00120. The number of nitrogens with zero attached hydrogens (tertiary/aromatic N) is 1. The summed E-state index contributed by atoms with van der Waals surface area (Å²) in [6.07, 6.45) is 1.96. The molecule has 0 bridgehead atoms. The van der Waals surface area contributed by atoms with Crippen molar-refractivity contribution < 1.29 is 9.53 Å². The molecule has 1 aliphatic heterocycles. The van der Waals surface area contributed by atoms with Gasteiger partial charge < -0.3 is 9.64 Å².